The lowest BCUT2D eigenvalue weighted by atomic mass is 9.97. The van der Waals surface area contributed by atoms with Gasteiger partial charge in [-0.15, -0.1) is 0 Å². The fourth-order valence-corrected chi connectivity index (χ4v) is 2.67. The van der Waals surface area contributed by atoms with Gasteiger partial charge < -0.3 is 10.1 Å². The van der Waals surface area contributed by atoms with Crippen LogP contribution in [-0.4, -0.2) is 25.3 Å². The number of carbonyl (C=O) groups is 1. The van der Waals surface area contributed by atoms with E-state index in [1.165, 1.54) is 5.56 Å². The summed E-state index contributed by atoms with van der Waals surface area (Å²) in [6.07, 6.45) is 1.93. The molecule has 20 heavy (non-hydrogen) atoms. The number of ether oxygens (including phenoxy) is 1. The Kier molecular flexibility index (Phi) is 5.39. The molecule has 0 radical (unpaired) electrons. The monoisotopic (exact) mass is 279 g/mol. The number of anilines is 1. The molecule has 1 aliphatic rings. The lowest BCUT2D eigenvalue weighted by molar-refractivity contribution is -0.142. The normalized spacial score (nSPS) is 21.7. The summed E-state index contributed by atoms with van der Waals surface area (Å²) >= 11 is 0. The van der Waals surface area contributed by atoms with Gasteiger partial charge in [-0.3, -0.25) is 4.79 Å². The molecule has 0 heterocycles. The average Bonchev–Trinajstić information content (AvgIpc) is 2.86. The van der Waals surface area contributed by atoms with Gasteiger partial charge in [0.1, 0.15) is 6.17 Å². The highest BCUT2D eigenvalue weighted by Crippen LogP contribution is 2.36. The Labute approximate surface area is 119 Å². The van der Waals surface area contributed by atoms with E-state index in [-0.39, 0.29) is 5.97 Å². The van der Waals surface area contributed by atoms with Crippen LogP contribution in [0.15, 0.2) is 24.3 Å². The van der Waals surface area contributed by atoms with Gasteiger partial charge in [0.15, 0.2) is 0 Å². The summed E-state index contributed by atoms with van der Waals surface area (Å²) in [4.78, 5) is 11.2. The molecule has 0 aromatic heterocycles. The first-order valence-electron chi connectivity index (χ1n) is 7.32. The first kappa shape index (κ1) is 14.8. The van der Waals surface area contributed by atoms with E-state index in [0.717, 1.165) is 12.1 Å². The maximum absolute atomic E-state index is 13.3. The van der Waals surface area contributed by atoms with E-state index in [1.807, 2.05) is 12.1 Å². The van der Waals surface area contributed by atoms with Crippen LogP contribution >= 0.6 is 0 Å². The van der Waals surface area contributed by atoms with Crippen molar-refractivity contribution in [1.29, 1.82) is 0 Å². The van der Waals surface area contributed by atoms with Gasteiger partial charge in [-0.25, -0.2) is 4.39 Å². The average molecular weight is 279 g/mol. The quantitative estimate of drug-likeness (QED) is 0.808. The van der Waals surface area contributed by atoms with Gasteiger partial charge in [0.05, 0.1) is 13.0 Å². The van der Waals surface area contributed by atoms with Crippen molar-refractivity contribution < 1.29 is 13.9 Å². The summed E-state index contributed by atoms with van der Waals surface area (Å²) in [7, 11) is 0. The van der Waals surface area contributed by atoms with Gasteiger partial charge in [0.25, 0.3) is 0 Å². The van der Waals surface area contributed by atoms with Crippen LogP contribution in [-0.2, 0) is 9.53 Å². The van der Waals surface area contributed by atoms with Crippen molar-refractivity contribution >= 4 is 11.7 Å². The summed E-state index contributed by atoms with van der Waals surface area (Å²) in [6.45, 7) is 2.77. The molecule has 0 bridgehead atoms. The van der Waals surface area contributed by atoms with Crippen molar-refractivity contribution in [2.75, 3.05) is 18.5 Å². The Morgan fingerprint density at radius 2 is 2.30 bits per heavy atom. The molecule has 110 valence electrons. The van der Waals surface area contributed by atoms with E-state index < -0.39 is 6.17 Å². The van der Waals surface area contributed by atoms with Crippen molar-refractivity contribution in [3.05, 3.63) is 29.8 Å². The van der Waals surface area contributed by atoms with Crippen LogP contribution in [0, 0.1) is 0 Å². The number of alkyl halides is 1. The molecule has 1 N–H and O–H groups in total. The Morgan fingerprint density at radius 1 is 1.45 bits per heavy atom. The molecule has 2 unspecified atom stereocenters. The Balaban J connectivity index is 1.85. The van der Waals surface area contributed by atoms with Crippen LogP contribution in [0.3, 0.4) is 0 Å². The van der Waals surface area contributed by atoms with Gasteiger partial charge in [-0.1, -0.05) is 12.1 Å². The minimum absolute atomic E-state index is 0.188. The fourth-order valence-electron chi connectivity index (χ4n) is 2.67. The third-order valence-electron chi connectivity index (χ3n) is 3.69. The summed E-state index contributed by atoms with van der Waals surface area (Å²) < 4.78 is 18.1. The second-order valence-electron chi connectivity index (χ2n) is 5.21. The number of carbonyl (C=O) groups excluding carboxylic acids is 1. The lowest BCUT2D eigenvalue weighted by Gasteiger charge is -2.12. The van der Waals surface area contributed by atoms with Crippen LogP contribution in [0.4, 0.5) is 10.1 Å². The molecule has 4 heteroatoms. The topological polar surface area (TPSA) is 38.3 Å². The Hall–Kier alpha value is -1.58. The largest absolute Gasteiger partial charge is 0.466 e. The molecule has 1 saturated carbocycles. The van der Waals surface area contributed by atoms with Crippen molar-refractivity contribution in [2.45, 2.75) is 44.7 Å². The zero-order chi connectivity index (χ0) is 14.4. The molecule has 0 amide bonds. The van der Waals surface area contributed by atoms with Gasteiger partial charge >= 0.3 is 5.97 Å². The molecule has 1 aromatic carbocycles. The van der Waals surface area contributed by atoms with E-state index in [2.05, 4.69) is 17.4 Å². The highest BCUT2D eigenvalue weighted by Gasteiger charge is 2.25. The molecule has 1 aromatic rings. The molecular weight excluding hydrogens is 257 g/mol. The first-order chi connectivity index (χ1) is 9.69. The second-order valence-corrected chi connectivity index (χ2v) is 5.21. The van der Waals surface area contributed by atoms with E-state index >= 15 is 0 Å². The molecule has 0 spiro atoms. The van der Waals surface area contributed by atoms with Crippen LogP contribution in [0.25, 0.3) is 0 Å². The standard InChI is InChI=1S/C16H22FNO2/c1-2-20-16(19)8-9-18-15-5-3-4-12(11-15)13-6-7-14(17)10-13/h3-5,11,13-14,18H,2,6-10H2,1H3. The highest BCUT2D eigenvalue weighted by atomic mass is 19.1. The zero-order valence-electron chi connectivity index (χ0n) is 11.9. The smallest absolute Gasteiger partial charge is 0.307 e. The Bertz CT molecular complexity index is 450. The number of rotatable bonds is 6. The predicted molar refractivity (Wildman–Crippen MR) is 77.7 cm³/mol. The highest BCUT2D eigenvalue weighted by molar-refractivity contribution is 5.70. The van der Waals surface area contributed by atoms with E-state index in [1.54, 1.807) is 6.92 Å². The number of nitrogens with one attached hydrogen (secondary N) is 1. The van der Waals surface area contributed by atoms with Crippen LogP contribution in [0.5, 0.6) is 0 Å². The van der Waals surface area contributed by atoms with E-state index in [4.69, 9.17) is 4.74 Å². The molecule has 0 aliphatic heterocycles. The van der Waals surface area contributed by atoms with Crippen LogP contribution in [0.1, 0.15) is 44.1 Å². The first-order valence-corrected chi connectivity index (χ1v) is 7.32. The summed E-state index contributed by atoms with van der Waals surface area (Å²) in [5, 5.41) is 3.21. The third kappa shape index (κ3) is 4.22. The second kappa shape index (κ2) is 7.27. The van der Waals surface area contributed by atoms with Crippen LogP contribution in [0.2, 0.25) is 0 Å². The number of benzene rings is 1. The number of hydrogen-bond acceptors (Lipinski definition) is 3. The summed E-state index contributed by atoms with van der Waals surface area (Å²) in [5.74, 6) is 0.143. The Morgan fingerprint density at radius 3 is 3.00 bits per heavy atom. The van der Waals surface area contributed by atoms with Gasteiger partial charge in [-0.05, 0) is 49.8 Å². The van der Waals surface area contributed by atoms with Gasteiger partial charge in [0.2, 0.25) is 0 Å². The summed E-state index contributed by atoms with van der Waals surface area (Å²) in [5.41, 5.74) is 2.17. The third-order valence-corrected chi connectivity index (χ3v) is 3.69. The van der Waals surface area contributed by atoms with Crippen molar-refractivity contribution in [3.8, 4) is 0 Å². The molecule has 2 atom stereocenters. The molecule has 1 aliphatic carbocycles. The maximum atomic E-state index is 13.3. The van der Waals surface area contributed by atoms with Crippen LogP contribution < -0.4 is 5.32 Å². The van der Waals surface area contributed by atoms with E-state index in [0.29, 0.717) is 38.3 Å². The minimum Gasteiger partial charge on any atom is -0.466 e. The fraction of sp³-hybridized carbons (Fsp3) is 0.562. The SMILES string of the molecule is CCOC(=O)CCNc1cccc(C2CCC(F)C2)c1. The van der Waals surface area contributed by atoms with E-state index in [9.17, 15) is 9.18 Å². The summed E-state index contributed by atoms with van der Waals surface area (Å²) in [6, 6.07) is 8.07. The van der Waals surface area contributed by atoms with Gasteiger partial charge in [-0.2, -0.15) is 0 Å². The van der Waals surface area contributed by atoms with Crippen molar-refractivity contribution in [3.63, 3.8) is 0 Å². The number of halogens is 1. The number of esters is 1. The maximum Gasteiger partial charge on any atom is 0.307 e. The molecular formula is C16H22FNO2. The van der Waals surface area contributed by atoms with Crippen molar-refractivity contribution in [2.24, 2.45) is 0 Å². The molecule has 0 saturated heterocycles. The molecule has 1 fully saturated rings. The lowest BCUT2D eigenvalue weighted by Crippen LogP contribution is -2.11. The van der Waals surface area contributed by atoms with Gasteiger partial charge in [0, 0.05) is 12.2 Å². The zero-order valence-corrected chi connectivity index (χ0v) is 11.9. The van der Waals surface area contributed by atoms with Crippen molar-refractivity contribution in [1.82, 2.24) is 0 Å². The molecule has 2 rings (SSSR count). The number of hydrogen-bond donors (Lipinski definition) is 1. The predicted octanol–water partition coefficient (Wildman–Crippen LogP) is 3.66. The minimum atomic E-state index is -0.652. The molecule has 3 nitrogen and oxygen atoms in total.